The van der Waals surface area contributed by atoms with E-state index in [1.165, 1.54) is 18.9 Å². The number of carboxylic acid groups (broad SMARTS) is 1. The number of carbonyl (C=O) groups is 1. The topological polar surface area (TPSA) is 43.8 Å². The van der Waals surface area contributed by atoms with Crippen molar-refractivity contribution in [3.8, 4) is 0 Å². The normalized spacial score (nSPS) is 20.2. The number of rotatable bonds is 3. The summed E-state index contributed by atoms with van der Waals surface area (Å²) < 4.78 is 27.7. The highest BCUT2D eigenvalue weighted by atomic mass is 19.2. The van der Waals surface area contributed by atoms with Gasteiger partial charge in [-0.1, -0.05) is 0 Å². The number of nitrogens with zero attached hydrogens (tertiary/aromatic N) is 2. The summed E-state index contributed by atoms with van der Waals surface area (Å²) in [6, 6.07) is 3.16. The molecule has 1 aromatic rings. The molecule has 0 amide bonds. The highest BCUT2D eigenvalue weighted by Crippen LogP contribution is 2.30. The van der Waals surface area contributed by atoms with Crippen molar-refractivity contribution >= 4 is 11.7 Å². The van der Waals surface area contributed by atoms with E-state index in [2.05, 4.69) is 4.90 Å². The zero-order valence-electron chi connectivity index (χ0n) is 11.0. The molecule has 0 spiro atoms. The van der Waals surface area contributed by atoms with E-state index in [0.717, 1.165) is 19.2 Å². The van der Waals surface area contributed by atoms with Crippen LogP contribution in [-0.4, -0.2) is 48.2 Å². The van der Waals surface area contributed by atoms with Crippen LogP contribution in [0.5, 0.6) is 0 Å². The molecule has 0 unspecified atom stereocenters. The summed E-state index contributed by atoms with van der Waals surface area (Å²) in [5, 5.41) is 8.77. The van der Waals surface area contributed by atoms with Crippen LogP contribution in [0.2, 0.25) is 0 Å². The lowest BCUT2D eigenvalue weighted by atomic mass is 10.1. The first-order valence-corrected chi connectivity index (χ1v) is 6.78. The van der Waals surface area contributed by atoms with Crippen LogP contribution in [0.25, 0.3) is 0 Å². The van der Waals surface area contributed by atoms with Gasteiger partial charge in [-0.05, 0) is 25.0 Å². The summed E-state index contributed by atoms with van der Waals surface area (Å²) in [5.74, 6) is -3.80. The Morgan fingerprint density at radius 1 is 1.10 bits per heavy atom. The molecule has 1 aliphatic heterocycles. The van der Waals surface area contributed by atoms with E-state index < -0.39 is 23.2 Å². The molecule has 0 atom stereocenters. The summed E-state index contributed by atoms with van der Waals surface area (Å²) in [7, 11) is 0. The fourth-order valence-corrected chi connectivity index (χ4v) is 2.72. The number of hydrogen-bond donors (Lipinski definition) is 1. The van der Waals surface area contributed by atoms with Crippen molar-refractivity contribution in [1.82, 2.24) is 4.90 Å². The number of anilines is 1. The molecule has 4 nitrogen and oxygen atoms in total. The number of carboxylic acids is 1. The molecular weight excluding hydrogens is 266 g/mol. The van der Waals surface area contributed by atoms with Crippen molar-refractivity contribution < 1.29 is 18.7 Å². The van der Waals surface area contributed by atoms with Gasteiger partial charge in [0.1, 0.15) is 0 Å². The van der Waals surface area contributed by atoms with Gasteiger partial charge >= 0.3 is 5.97 Å². The van der Waals surface area contributed by atoms with Crippen LogP contribution in [0.15, 0.2) is 12.1 Å². The largest absolute Gasteiger partial charge is 0.478 e. The van der Waals surface area contributed by atoms with Crippen LogP contribution in [-0.2, 0) is 0 Å². The zero-order chi connectivity index (χ0) is 14.3. The molecule has 1 saturated heterocycles. The van der Waals surface area contributed by atoms with Gasteiger partial charge in [0, 0.05) is 32.2 Å². The molecule has 2 aliphatic rings. The number of halogens is 2. The molecule has 0 bridgehead atoms. The smallest absolute Gasteiger partial charge is 0.338 e. The first-order chi connectivity index (χ1) is 9.58. The fraction of sp³-hybridized carbons (Fsp3) is 0.500. The molecule has 2 fully saturated rings. The molecule has 1 aromatic carbocycles. The van der Waals surface area contributed by atoms with Crippen molar-refractivity contribution in [3.05, 3.63) is 29.3 Å². The lowest BCUT2D eigenvalue weighted by Crippen LogP contribution is -2.47. The average molecular weight is 282 g/mol. The van der Waals surface area contributed by atoms with Crippen LogP contribution < -0.4 is 4.90 Å². The number of aromatic carboxylic acids is 1. The maximum Gasteiger partial charge on any atom is 0.338 e. The van der Waals surface area contributed by atoms with E-state index in [9.17, 15) is 13.6 Å². The van der Waals surface area contributed by atoms with Gasteiger partial charge in [-0.2, -0.15) is 0 Å². The Balaban J connectivity index is 1.77. The SMILES string of the molecule is O=C(O)c1ccc(N2CCN(C3CC3)CC2)c(F)c1F. The average Bonchev–Trinajstić information content (AvgIpc) is 3.26. The molecule has 3 rings (SSSR count). The third-order valence-electron chi connectivity index (χ3n) is 4.01. The Labute approximate surface area is 115 Å². The maximum atomic E-state index is 14.0. The molecule has 108 valence electrons. The molecule has 1 N–H and O–H groups in total. The highest BCUT2D eigenvalue weighted by molar-refractivity contribution is 5.88. The Hall–Kier alpha value is -1.69. The zero-order valence-corrected chi connectivity index (χ0v) is 11.0. The summed E-state index contributed by atoms with van der Waals surface area (Å²) in [4.78, 5) is 14.9. The van der Waals surface area contributed by atoms with E-state index >= 15 is 0 Å². The molecule has 1 aliphatic carbocycles. The van der Waals surface area contributed by atoms with E-state index in [1.807, 2.05) is 0 Å². The Morgan fingerprint density at radius 3 is 2.30 bits per heavy atom. The third kappa shape index (κ3) is 2.35. The number of hydrogen-bond acceptors (Lipinski definition) is 3. The monoisotopic (exact) mass is 282 g/mol. The molecule has 6 heteroatoms. The first kappa shape index (κ1) is 13.3. The predicted octanol–water partition coefficient (Wildman–Crippen LogP) is 1.95. The Morgan fingerprint density at radius 2 is 1.75 bits per heavy atom. The van der Waals surface area contributed by atoms with Gasteiger partial charge in [-0.15, -0.1) is 0 Å². The van der Waals surface area contributed by atoms with Crippen LogP contribution in [0.4, 0.5) is 14.5 Å². The minimum atomic E-state index is -1.45. The van der Waals surface area contributed by atoms with E-state index in [4.69, 9.17) is 5.11 Å². The molecule has 0 aromatic heterocycles. The lowest BCUT2D eigenvalue weighted by molar-refractivity contribution is 0.0690. The molecular formula is C14H16F2N2O2. The molecule has 1 heterocycles. The summed E-state index contributed by atoms with van der Waals surface area (Å²) in [5.41, 5.74) is -0.467. The molecule has 20 heavy (non-hydrogen) atoms. The van der Waals surface area contributed by atoms with Gasteiger partial charge in [0.25, 0.3) is 0 Å². The molecule has 0 radical (unpaired) electrons. The highest BCUT2D eigenvalue weighted by Gasteiger charge is 2.32. The van der Waals surface area contributed by atoms with Crippen molar-refractivity contribution in [1.29, 1.82) is 0 Å². The van der Waals surface area contributed by atoms with Gasteiger partial charge in [-0.25, -0.2) is 13.6 Å². The van der Waals surface area contributed by atoms with E-state index in [-0.39, 0.29) is 5.69 Å². The standard InChI is InChI=1S/C14H16F2N2O2/c15-12-10(14(19)20)3-4-11(13(12)16)18-7-5-17(6-8-18)9-1-2-9/h3-4,9H,1-2,5-8H2,(H,19,20). The quantitative estimate of drug-likeness (QED) is 0.920. The van der Waals surface area contributed by atoms with Crippen LogP contribution in [0.1, 0.15) is 23.2 Å². The van der Waals surface area contributed by atoms with Crippen LogP contribution >= 0.6 is 0 Å². The minimum Gasteiger partial charge on any atom is -0.478 e. The van der Waals surface area contributed by atoms with Gasteiger partial charge in [-0.3, -0.25) is 4.90 Å². The predicted molar refractivity (Wildman–Crippen MR) is 70.1 cm³/mol. The van der Waals surface area contributed by atoms with Crippen LogP contribution in [0, 0.1) is 11.6 Å². The van der Waals surface area contributed by atoms with Gasteiger partial charge in [0.2, 0.25) is 0 Å². The second-order valence-corrected chi connectivity index (χ2v) is 5.32. The van der Waals surface area contributed by atoms with Gasteiger partial charge in [0.15, 0.2) is 11.6 Å². The van der Waals surface area contributed by atoms with Gasteiger partial charge < -0.3 is 10.0 Å². The molecule has 1 saturated carbocycles. The lowest BCUT2D eigenvalue weighted by Gasteiger charge is -2.36. The maximum absolute atomic E-state index is 14.0. The fourth-order valence-electron chi connectivity index (χ4n) is 2.72. The van der Waals surface area contributed by atoms with Crippen molar-refractivity contribution in [2.75, 3.05) is 31.1 Å². The van der Waals surface area contributed by atoms with Crippen molar-refractivity contribution in [2.45, 2.75) is 18.9 Å². The summed E-state index contributed by atoms with van der Waals surface area (Å²) in [6.07, 6.45) is 2.46. The second kappa shape index (κ2) is 5.01. The van der Waals surface area contributed by atoms with Gasteiger partial charge in [0.05, 0.1) is 11.3 Å². The van der Waals surface area contributed by atoms with Crippen molar-refractivity contribution in [3.63, 3.8) is 0 Å². The first-order valence-electron chi connectivity index (χ1n) is 6.78. The van der Waals surface area contributed by atoms with Crippen molar-refractivity contribution in [2.24, 2.45) is 0 Å². The summed E-state index contributed by atoms with van der Waals surface area (Å²) >= 11 is 0. The number of benzene rings is 1. The Bertz CT molecular complexity index is 538. The Kier molecular flexibility index (Phi) is 3.33. The van der Waals surface area contributed by atoms with E-state index in [1.54, 1.807) is 4.90 Å². The number of piperazine rings is 1. The summed E-state index contributed by atoms with van der Waals surface area (Å²) in [6.45, 7) is 2.96. The third-order valence-corrected chi connectivity index (χ3v) is 4.01. The second-order valence-electron chi connectivity index (χ2n) is 5.32. The van der Waals surface area contributed by atoms with Crippen LogP contribution in [0.3, 0.4) is 0 Å². The minimum absolute atomic E-state index is 0.156. The van der Waals surface area contributed by atoms with E-state index in [0.29, 0.717) is 19.1 Å².